The molecule has 1 aromatic carbocycles. The van der Waals surface area contributed by atoms with E-state index in [-0.39, 0.29) is 12.2 Å². The van der Waals surface area contributed by atoms with Crippen molar-refractivity contribution in [2.24, 2.45) is 20.0 Å². The first kappa shape index (κ1) is 20.7. The van der Waals surface area contributed by atoms with Crippen LogP contribution < -0.4 is 21.5 Å². The van der Waals surface area contributed by atoms with Gasteiger partial charge in [-0.1, -0.05) is 6.07 Å². The molecule has 1 aliphatic heterocycles. The molecule has 1 fully saturated rings. The number of aromatic nitrogens is 2. The van der Waals surface area contributed by atoms with Crippen molar-refractivity contribution in [1.29, 1.82) is 0 Å². The zero-order chi connectivity index (χ0) is 21.3. The van der Waals surface area contributed by atoms with E-state index < -0.39 is 34.8 Å². The lowest BCUT2D eigenvalue weighted by atomic mass is 9.97. The van der Waals surface area contributed by atoms with Crippen LogP contribution in [-0.4, -0.2) is 28.1 Å². The quantitative estimate of drug-likeness (QED) is 0.840. The molecular formula is C19H21F3N4O3. The number of hydrogen-bond donors (Lipinski definition) is 1. The second-order valence-electron chi connectivity index (χ2n) is 7.09. The fourth-order valence-corrected chi connectivity index (χ4v) is 3.44. The van der Waals surface area contributed by atoms with E-state index in [1.807, 2.05) is 0 Å². The molecule has 0 aliphatic carbocycles. The average molecular weight is 410 g/mol. The number of hydrogen-bond acceptors (Lipinski definition) is 4. The third-order valence-electron chi connectivity index (χ3n) is 5.07. The van der Waals surface area contributed by atoms with Crippen molar-refractivity contribution in [2.45, 2.75) is 19.0 Å². The van der Waals surface area contributed by atoms with Gasteiger partial charge in [0.25, 0.3) is 5.56 Å². The van der Waals surface area contributed by atoms with Crippen LogP contribution in [0.3, 0.4) is 0 Å². The summed E-state index contributed by atoms with van der Waals surface area (Å²) in [6.07, 6.45) is -3.29. The Labute approximate surface area is 164 Å². The minimum Gasteiger partial charge on any atom is -0.357 e. The van der Waals surface area contributed by atoms with Crippen LogP contribution in [0.15, 0.2) is 39.9 Å². The van der Waals surface area contributed by atoms with E-state index in [1.54, 1.807) is 11.9 Å². The summed E-state index contributed by atoms with van der Waals surface area (Å²) in [5, 5.41) is 2.54. The highest BCUT2D eigenvalue weighted by molar-refractivity contribution is 5.93. The summed E-state index contributed by atoms with van der Waals surface area (Å²) in [7, 11) is 2.93. The molecular weight excluding hydrogens is 389 g/mol. The Morgan fingerprint density at radius 1 is 1.14 bits per heavy atom. The molecule has 3 rings (SSSR count). The molecule has 1 saturated heterocycles. The van der Waals surface area contributed by atoms with Gasteiger partial charge in [0.05, 0.1) is 11.5 Å². The van der Waals surface area contributed by atoms with Crippen molar-refractivity contribution in [2.75, 3.05) is 23.3 Å². The van der Waals surface area contributed by atoms with Crippen molar-refractivity contribution in [3.63, 3.8) is 0 Å². The molecule has 1 aliphatic rings. The Balaban J connectivity index is 1.77. The third-order valence-corrected chi connectivity index (χ3v) is 5.07. The van der Waals surface area contributed by atoms with Gasteiger partial charge in [-0.2, -0.15) is 13.2 Å². The van der Waals surface area contributed by atoms with Crippen molar-refractivity contribution in [3.8, 4) is 0 Å². The van der Waals surface area contributed by atoms with Gasteiger partial charge in [-0.15, -0.1) is 0 Å². The Kier molecular flexibility index (Phi) is 5.54. The van der Waals surface area contributed by atoms with Gasteiger partial charge in [0.15, 0.2) is 0 Å². The Hall–Kier alpha value is -3.04. The van der Waals surface area contributed by atoms with E-state index in [0.29, 0.717) is 25.2 Å². The fourth-order valence-electron chi connectivity index (χ4n) is 3.44. The monoisotopic (exact) mass is 410 g/mol. The summed E-state index contributed by atoms with van der Waals surface area (Å²) in [4.78, 5) is 38.5. The lowest BCUT2D eigenvalue weighted by Gasteiger charge is -2.34. The minimum atomic E-state index is -4.49. The average Bonchev–Trinajstić information content (AvgIpc) is 2.68. The first-order valence-electron chi connectivity index (χ1n) is 9.08. The predicted molar refractivity (Wildman–Crippen MR) is 102 cm³/mol. The van der Waals surface area contributed by atoms with Gasteiger partial charge in [-0.05, 0) is 31.0 Å². The van der Waals surface area contributed by atoms with E-state index in [9.17, 15) is 27.6 Å². The molecule has 1 atom stereocenters. The number of nitrogens with one attached hydrogen (secondary N) is 1. The van der Waals surface area contributed by atoms with E-state index in [2.05, 4.69) is 5.32 Å². The molecule has 156 valence electrons. The normalized spacial score (nSPS) is 17.3. The molecule has 0 bridgehead atoms. The molecule has 1 amide bonds. The summed E-state index contributed by atoms with van der Waals surface area (Å²) < 4.78 is 40.9. The third kappa shape index (κ3) is 4.36. The van der Waals surface area contributed by atoms with Crippen LogP contribution in [0, 0.1) is 5.92 Å². The number of piperidine rings is 1. The van der Waals surface area contributed by atoms with Gasteiger partial charge in [0.1, 0.15) is 5.82 Å². The Morgan fingerprint density at radius 2 is 1.86 bits per heavy atom. The first-order valence-corrected chi connectivity index (χ1v) is 9.08. The smallest absolute Gasteiger partial charge is 0.357 e. The number of alkyl halides is 3. The minimum absolute atomic E-state index is 0.0722. The summed E-state index contributed by atoms with van der Waals surface area (Å²) in [6.45, 7) is 0.818. The van der Waals surface area contributed by atoms with E-state index in [0.717, 1.165) is 16.7 Å². The second-order valence-corrected chi connectivity index (χ2v) is 7.09. The largest absolute Gasteiger partial charge is 0.416 e. The molecule has 0 spiro atoms. The lowest BCUT2D eigenvalue weighted by Crippen LogP contribution is -2.45. The molecule has 10 heteroatoms. The maximum Gasteiger partial charge on any atom is 0.416 e. The van der Waals surface area contributed by atoms with Gasteiger partial charge >= 0.3 is 11.9 Å². The van der Waals surface area contributed by atoms with Crippen LogP contribution in [0.2, 0.25) is 0 Å². The summed E-state index contributed by atoms with van der Waals surface area (Å²) in [5.74, 6) is -0.477. The zero-order valence-corrected chi connectivity index (χ0v) is 16.0. The standard InChI is InChI=1S/C19H21F3N4O3/c1-24-15(10-16(27)25(2)18(24)29)26-8-4-5-12(11-26)17(28)23-14-7-3-6-13(9-14)19(20,21)22/h3,6-7,9-10,12H,4-5,8,11H2,1-2H3,(H,23,28). The highest BCUT2D eigenvalue weighted by atomic mass is 19.4. The molecule has 29 heavy (non-hydrogen) atoms. The predicted octanol–water partition coefficient (Wildman–Crippen LogP) is 1.96. The van der Waals surface area contributed by atoms with Crippen molar-refractivity contribution in [1.82, 2.24) is 9.13 Å². The molecule has 0 saturated carbocycles. The number of amides is 1. The Bertz CT molecular complexity index is 1040. The molecule has 0 radical (unpaired) electrons. The van der Waals surface area contributed by atoms with Crippen LogP contribution in [0.5, 0.6) is 0 Å². The molecule has 2 heterocycles. The number of anilines is 2. The SMILES string of the molecule is Cn1c(N2CCCC(C(=O)Nc3cccc(C(F)(F)F)c3)C2)cc(=O)n(C)c1=O. The van der Waals surface area contributed by atoms with Crippen LogP contribution in [-0.2, 0) is 25.1 Å². The van der Waals surface area contributed by atoms with E-state index in [1.165, 1.54) is 29.8 Å². The van der Waals surface area contributed by atoms with Crippen LogP contribution in [0.25, 0.3) is 0 Å². The van der Waals surface area contributed by atoms with Gasteiger partial charge in [0, 0.05) is 38.9 Å². The number of carbonyl (C=O) groups excluding carboxylic acids is 1. The summed E-state index contributed by atoms with van der Waals surface area (Å²) in [5.41, 5.74) is -1.68. The molecule has 1 unspecified atom stereocenters. The number of halogens is 3. The number of nitrogens with zero attached hydrogens (tertiary/aromatic N) is 3. The van der Waals surface area contributed by atoms with Crippen molar-refractivity contribution in [3.05, 3.63) is 56.7 Å². The second kappa shape index (κ2) is 7.76. The molecule has 1 aromatic heterocycles. The van der Waals surface area contributed by atoms with Gasteiger partial charge in [-0.25, -0.2) is 4.79 Å². The van der Waals surface area contributed by atoms with Crippen LogP contribution in [0.1, 0.15) is 18.4 Å². The van der Waals surface area contributed by atoms with E-state index in [4.69, 9.17) is 0 Å². The fraction of sp³-hybridized carbons (Fsp3) is 0.421. The number of rotatable bonds is 3. The van der Waals surface area contributed by atoms with Gasteiger partial charge in [0.2, 0.25) is 5.91 Å². The summed E-state index contributed by atoms with van der Waals surface area (Å²) >= 11 is 0. The van der Waals surface area contributed by atoms with Crippen molar-refractivity contribution >= 4 is 17.4 Å². The highest BCUT2D eigenvalue weighted by Gasteiger charge is 2.31. The van der Waals surface area contributed by atoms with Gasteiger partial charge in [-0.3, -0.25) is 18.7 Å². The topological polar surface area (TPSA) is 76.3 Å². The maximum atomic E-state index is 12.9. The first-order chi connectivity index (χ1) is 13.6. The van der Waals surface area contributed by atoms with E-state index >= 15 is 0 Å². The Morgan fingerprint density at radius 3 is 2.55 bits per heavy atom. The zero-order valence-electron chi connectivity index (χ0n) is 16.0. The van der Waals surface area contributed by atoms with Crippen LogP contribution in [0.4, 0.5) is 24.7 Å². The molecule has 1 N–H and O–H groups in total. The lowest BCUT2D eigenvalue weighted by molar-refractivity contribution is -0.137. The summed E-state index contributed by atoms with van der Waals surface area (Å²) in [6, 6.07) is 5.81. The molecule has 7 nitrogen and oxygen atoms in total. The van der Waals surface area contributed by atoms with Gasteiger partial charge < -0.3 is 10.2 Å². The maximum absolute atomic E-state index is 12.9. The van der Waals surface area contributed by atoms with Crippen molar-refractivity contribution < 1.29 is 18.0 Å². The number of carbonyl (C=O) groups is 1. The number of benzene rings is 1. The highest BCUT2D eigenvalue weighted by Crippen LogP contribution is 2.31. The van der Waals surface area contributed by atoms with Crippen LogP contribution >= 0.6 is 0 Å². The molecule has 2 aromatic rings.